The van der Waals surface area contributed by atoms with E-state index in [4.69, 9.17) is 9.47 Å². The van der Waals surface area contributed by atoms with Crippen molar-refractivity contribution in [3.05, 3.63) is 59.4 Å². The third-order valence-corrected chi connectivity index (χ3v) is 3.82. The molecule has 0 spiro atoms. The lowest BCUT2D eigenvalue weighted by Gasteiger charge is -2.12. The van der Waals surface area contributed by atoms with E-state index in [1.54, 1.807) is 24.3 Å². The van der Waals surface area contributed by atoms with Gasteiger partial charge in [-0.15, -0.1) is 0 Å². The van der Waals surface area contributed by atoms with Crippen LogP contribution < -0.4 is 14.8 Å². The van der Waals surface area contributed by atoms with Crippen molar-refractivity contribution >= 4 is 17.7 Å². The number of para-hydroxylation sites is 1. The third kappa shape index (κ3) is 5.85. The van der Waals surface area contributed by atoms with E-state index in [1.165, 1.54) is 24.3 Å². The van der Waals surface area contributed by atoms with Gasteiger partial charge in [0.05, 0.1) is 18.9 Å². The number of nitrogens with zero attached hydrogens (tertiary/aromatic N) is 1. The number of carbonyl (C=O) groups excluding carboxylic acids is 1. The summed E-state index contributed by atoms with van der Waals surface area (Å²) < 4.78 is 25.0. The van der Waals surface area contributed by atoms with Gasteiger partial charge in [-0.25, -0.2) is 4.39 Å². The summed E-state index contributed by atoms with van der Waals surface area (Å²) in [5.74, 6) is -0.102. The molecule has 5 nitrogen and oxygen atoms in total. The van der Waals surface area contributed by atoms with Gasteiger partial charge in [0.25, 0.3) is 5.91 Å². The highest BCUT2D eigenvalue weighted by Crippen LogP contribution is 2.29. The molecule has 0 bridgehead atoms. The number of carbonyl (C=O) groups is 1. The van der Waals surface area contributed by atoms with Gasteiger partial charge in [-0.3, -0.25) is 4.79 Å². The molecule has 2 aromatic carbocycles. The molecule has 0 radical (unpaired) electrons. The van der Waals surface area contributed by atoms with Gasteiger partial charge in [0.2, 0.25) is 0 Å². The lowest BCUT2D eigenvalue weighted by molar-refractivity contribution is -0.112. The number of rotatable bonds is 9. The molecule has 0 aromatic heterocycles. The van der Waals surface area contributed by atoms with Crippen LogP contribution in [0.5, 0.6) is 11.5 Å². The molecule has 0 aliphatic heterocycles. The van der Waals surface area contributed by atoms with Gasteiger partial charge in [-0.1, -0.05) is 31.5 Å². The normalized spacial score (nSPS) is 10.9. The summed E-state index contributed by atoms with van der Waals surface area (Å²) in [5, 5.41) is 11.8. The standard InChI is InChI=1S/C22H23FN2O3/c1-3-5-12-28-20-11-10-16(14-21(20)27-4-2)13-17(15-24)22(26)25-19-9-7-6-8-18(19)23/h6-11,13-14H,3-5,12H2,1-2H3,(H,25,26)/b17-13+. The zero-order chi connectivity index (χ0) is 20.4. The van der Waals surface area contributed by atoms with Crippen LogP contribution in [0.2, 0.25) is 0 Å². The van der Waals surface area contributed by atoms with Gasteiger partial charge >= 0.3 is 0 Å². The van der Waals surface area contributed by atoms with Crippen molar-refractivity contribution in [3.8, 4) is 17.6 Å². The average Bonchev–Trinajstić information content (AvgIpc) is 2.69. The topological polar surface area (TPSA) is 71.3 Å². The molecule has 0 aliphatic carbocycles. The van der Waals surface area contributed by atoms with E-state index in [-0.39, 0.29) is 11.3 Å². The first-order valence-corrected chi connectivity index (χ1v) is 9.16. The molecule has 146 valence electrons. The van der Waals surface area contributed by atoms with Crippen LogP contribution in [0.25, 0.3) is 6.08 Å². The van der Waals surface area contributed by atoms with E-state index in [1.807, 2.05) is 13.0 Å². The van der Waals surface area contributed by atoms with Crippen LogP contribution in [0.3, 0.4) is 0 Å². The maximum absolute atomic E-state index is 13.7. The predicted molar refractivity (Wildman–Crippen MR) is 107 cm³/mol. The van der Waals surface area contributed by atoms with Crippen molar-refractivity contribution in [3.63, 3.8) is 0 Å². The Morgan fingerprint density at radius 1 is 1.18 bits per heavy atom. The van der Waals surface area contributed by atoms with E-state index in [2.05, 4.69) is 12.2 Å². The lowest BCUT2D eigenvalue weighted by Crippen LogP contribution is -2.14. The second kappa shape index (κ2) is 10.7. The largest absolute Gasteiger partial charge is 0.490 e. The van der Waals surface area contributed by atoms with Crippen LogP contribution in [-0.2, 0) is 4.79 Å². The number of unbranched alkanes of at least 4 members (excludes halogenated alkanes) is 1. The zero-order valence-electron chi connectivity index (χ0n) is 16.0. The van der Waals surface area contributed by atoms with Gasteiger partial charge in [0.1, 0.15) is 17.5 Å². The van der Waals surface area contributed by atoms with Gasteiger partial charge < -0.3 is 14.8 Å². The van der Waals surface area contributed by atoms with Gasteiger partial charge in [-0.2, -0.15) is 5.26 Å². The van der Waals surface area contributed by atoms with Crippen LogP contribution in [0, 0.1) is 17.1 Å². The summed E-state index contributed by atoms with van der Waals surface area (Å²) in [5.41, 5.74) is 0.472. The van der Waals surface area contributed by atoms with Crippen LogP contribution in [0.1, 0.15) is 32.3 Å². The van der Waals surface area contributed by atoms with Crippen LogP contribution in [0.15, 0.2) is 48.0 Å². The summed E-state index contributed by atoms with van der Waals surface area (Å²) in [7, 11) is 0. The molecule has 6 heteroatoms. The molecule has 1 amide bonds. The van der Waals surface area contributed by atoms with Gasteiger partial charge in [-0.05, 0) is 49.2 Å². The Morgan fingerprint density at radius 2 is 1.96 bits per heavy atom. The molecular formula is C22H23FN2O3. The number of nitriles is 1. The van der Waals surface area contributed by atoms with Crippen molar-refractivity contribution in [2.75, 3.05) is 18.5 Å². The number of hydrogen-bond donors (Lipinski definition) is 1. The minimum Gasteiger partial charge on any atom is -0.490 e. The lowest BCUT2D eigenvalue weighted by atomic mass is 10.1. The van der Waals surface area contributed by atoms with Crippen LogP contribution in [0.4, 0.5) is 10.1 Å². The SMILES string of the molecule is CCCCOc1ccc(/C=C(\C#N)C(=O)Nc2ccccc2F)cc1OCC. The summed E-state index contributed by atoms with van der Waals surface area (Å²) in [4.78, 5) is 12.3. The fourth-order valence-corrected chi connectivity index (χ4v) is 2.40. The van der Waals surface area contributed by atoms with Crippen LogP contribution >= 0.6 is 0 Å². The number of benzene rings is 2. The summed E-state index contributed by atoms with van der Waals surface area (Å²) in [6.45, 7) is 4.98. The van der Waals surface area contributed by atoms with Crippen LogP contribution in [-0.4, -0.2) is 19.1 Å². The van der Waals surface area contributed by atoms with E-state index < -0.39 is 11.7 Å². The molecule has 0 unspecified atom stereocenters. The van der Waals surface area contributed by atoms with Crippen molar-refractivity contribution < 1.29 is 18.7 Å². The molecule has 0 saturated heterocycles. The zero-order valence-corrected chi connectivity index (χ0v) is 16.0. The molecule has 0 aliphatic rings. The van der Waals surface area contributed by atoms with Gasteiger partial charge in [0.15, 0.2) is 11.5 Å². The molecule has 0 atom stereocenters. The molecule has 0 fully saturated rings. The van der Waals surface area contributed by atoms with E-state index >= 15 is 0 Å². The minimum absolute atomic E-state index is 0.0170. The summed E-state index contributed by atoms with van der Waals surface area (Å²) in [6, 6.07) is 12.8. The highest BCUT2D eigenvalue weighted by atomic mass is 19.1. The fraction of sp³-hybridized carbons (Fsp3) is 0.273. The molecule has 28 heavy (non-hydrogen) atoms. The first-order chi connectivity index (χ1) is 13.6. The van der Waals surface area contributed by atoms with Crippen molar-refractivity contribution in [2.45, 2.75) is 26.7 Å². The smallest absolute Gasteiger partial charge is 0.266 e. The molecule has 2 rings (SSSR count). The Balaban J connectivity index is 2.22. The van der Waals surface area contributed by atoms with Crippen molar-refractivity contribution in [1.82, 2.24) is 0 Å². The van der Waals surface area contributed by atoms with E-state index in [9.17, 15) is 14.4 Å². The fourth-order valence-electron chi connectivity index (χ4n) is 2.40. The average molecular weight is 382 g/mol. The quantitative estimate of drug-likeness (QED) is 0.378. The Kier molecular flexibility index (Phi) is 8.04. The predicted octanol–water partition coefficient (Wildman–Crippen LogP) is 4.95. The molecule has 2 aromatic rings. The molecule has 0 saturated carbocycles. The number of nitrogens with one attached hydrogen (secondary N) is 1. The number of amides is 1. The Hall–Kier alpha value is -3.33. The summed E-state index contributed by atoms with van der Waals surface area (Å²) >= 11 is 0. The maximum atomic E-state index is 13.7. The molecular weight excluding hydrogens is 359 g/mol. The second-order valence-corrected chi connectivity index (χ2v) is 5.94. The number of anilines is 1. The monoisotopic (exact) mass is 382 g/mol. The van der Waals surface area contributed by atoms with E-state index in [0.717, 1.165) is 12.8 Å². The number of ether oxygens (including phenoxy) is 2. The number of halogens is 1. The van der Waals surface area contributed by atoms with Crippen molar-refractivity contribution in [2.24, 2.45) is 0 Å². The molecule has 1 N–H and O–H groups in total. The first-order valence-electron chi connectivity index (χ1n) is 9.16. The number of hydrogen-bond acceptors (Lipinski definition) is 4. The Labute approximate surface area is 164 Å². The first kappa shape index (κ1) is 21.0. The third-order valence-electron chi connectivity index (χ3n) is 3.82. The van der Waals surface area contributed by atoms with E-state index in [0.29, 0.717) is 30.3 Å². The highest BCUT2D eigenvalue weighted by Gasteiger charge is 2.13. The molecule has 0 heterocycles. The minimum atomic E-state index is -0.686. The summed E-state index contributed by atoms with van der Waals surface area (Å²) in [6.07, 6.45) is 3.38. The van der Waals surface area contributed by atoms with Crippen molar-refractivity contribution in [1.29, 1.82) is 5.26 Å². The second-order valence-electron chi connectivity index (χ2n) is 5.94. The highest BCUT2D eigenvalue weighted by molar-refractivity contribution is 6.09. The Bertz CT molecular complexity index is 888. The maximum Gasteiger partial charge on any atom is 0.266 e. The van der Waals surface area contributed by atoms with Gasteiger partial charge in [0, 0.05) is 0 Å². The Morgan fingerprint density at radius 3 is 2.64 bits per heavy atom.